The van der Waals surface area contributed by atoms with Crippen LogP contribution in [0.1, 0.15) is 5.56 Å². The highest BCUT2D eigenvalue weighted by Gasteiger charge is 2.17. The Morgan fingerprint density at radius 2 is 2.00 bits per heavy atom. The van der Waals surface area contributed by atoms with Crippen molar-refractivity contribution in [2.24, 2.45) is 0 Å². The summed E-state index contributed by atoms with van der Waals surface area (Å²) in [5, 5.41) is 0. The quantitative estimate of drug-likeness (QED) is 0.754. The van der Waals surface area contributed by atoms with E-state index < -0.39 is 0 Å². The number of hydrogen-bond donors (Lipinski definition) is 0. The molecule has 1 aliphatic heterocycles. The zero-order valence-corrected chi connectivity index (χ0v) is 8.99. The Kier molecular flexibility index (Phi) is 3.51. The fraction of sp³-hybridized carbons (Fsp3) is 0.417. The molecule has 0 aliphatic carbocycles. The summed E-state index contributed by atoms with van der Waals surface area (Å²) >= 11 is 0. The third-order valence-corrected chi connectivity index (χ3v) is 2.66. The summed E-state index contributed by atoms with van der Waals surface area (Å²) in [5.41, 5.74) is 0.457. The standard InChI is InChI=1S/C12H14FNO2/c13-11-4-2-1-3-10(11)9-12(15)14-5-7-16-8-6-14/h1-4H,5-9H2. The van der Waals surface area contributed by atoms with Crippen LogP contribution in [0, 0.1) is 5.82 Å². The van der Waals surface area contributed by atoms with Gasteiger partial charge in [0.2, 0.25) is 5.91 Å². The van der Waals surface area contributed by atoms with Gasteiger partial charge in [-0.3, -0.25) is 4.79 Å². The number of morpholine rings is 1. The van der Waals surface area contributed by atoms with Gasteiger partial charge in [0, 0.05) is 13.1 Å². The lowest BCUT2D eigenvalue weighted by molar-refractivity contribution is -0.134. The second-order valence-electron chi connectivity index (χ2n) is 3.76. The van der Waals surface area contributed by atoms with Gasteiger partial charge in [-0.2, -0.15) is 0 Å². The molecule has 1 saturated heterocycles. The van der Waals surface area contributed by atoms with Crippen molar-refractivity contribution in [3.63, 3.8) is 0 Å². The topological polar surface area (TPSA) is 29.5 Å². The van der Waals surface area contributed by atoms with Gasteiger partial charge in [-0.25, -0.2) is 4.39 Å². The van der Waals surface area contributed by atoms with Crippen molar-refractivity contribution >= 4 is 5.91 Å². The fourth-order valence-electron chi connectivity index (χ4n) is 1.73. The molecule has 0 unspecified atom stereocenters. The molecule has 4 heteroatoms. The third-order valence-electron chi connectivity index (χ3n) is 2.66. The minimum atomic E-state index is -0.316. The smallest absolute Gasteiger partial charge is 0.227 e. The van der Waals surface area contributed by atoms with Crippen molar-refractivity contribution in [2.45, 2.75) is 6.42 Å². The highest BCUT2D eigenvalue weighted by Crippen LogP contribution is 2.09. The Hall–Kier alpha value is -1.42. The van der Waals surface area contributed by atoms with Gasteiger partial charge in [0.15, 0.2) is 0 Å². The predicted molar refractivity (Wildman–Crippen MR) is 57.5 cm³/mol. The molecule has 1 aliphatic rings. The molecule has 86 valence electrons. The lowest BCUT2D eigenvalue weighted by Crippen LogP contribution is -2.41. The van der Waals surface area contributed by atoms with Crippen molar-refractivity contribution in [3.8, 4) is 0 Å². The summed E-state index contributed by atoms with van der Waals surface area (Å²) in [4.78, 5) is 13.5. The predicted octanol–water partition coefficient (Wildman–Crippen LogP) is 1.23. The average Bonchev–Trinajstić information content (AvgIpc) is 2.33. The molecule has 1 fully saturated rings. The van der Waals surface area contributed by atoms with E-state index in [1.165, 1.54) is 6.07 Å². The highest BCUT2D eigenvalue weighted by molar-refractivity contribution is 5.78. The molecule has 3 nitrogen and oxygen atoms in total. The summed E-state index contributed by atoms with van der Waals surface area (Å²) < 4.78 is 18.5. The Morgan fingerprint density at radius 3 is 2.69 bits per heavy atom. The van der Waals surface area contributed by atoms with Crippen LogP contribution in [0.15, 0.2) is 24.3 Å². The number of benzene rings is 1. The van der Waals surface area contributed by atoms with Crippen LogP contribution < -0.4 is 0 Å². The molecular formula is C12H14FNO2. The normalized spacial score (nSPS) is 16.2. The van der Waals surface area contributed by atoms with Crippen LogP contribution in [0.2, 0.25) is 0 Å². The monoisotopic (exact) mass is 223 g/mol. The van der Waals surface area contributed by atoms with E-state index >= 15 is 0 Å². The first-order valence-corrected chi connectivity index (χ1v) is 5.36. The third kappa shape index (κ3) is 2.58. The Bertz CT molecular complexity index is 375. The van der Waals surface area contributed by atoms with Crippen LogP contribution in [0.25, 0.3) is 0 Å². The molecule has 0 radical (unpaired) electrons. The van der Waals surface area contributed by atoms with E-state index in [0.29, 0.717) is 31.9 Å². The Balaban J connectivity index is 1.99. The van der Waals surface area contributed by atoms with Crippen LogP contribution in [0.4, 0.5) is 4.39 Å². The maximum atomic E-state index is 13.3. The number of carbonyl (C=O) groups is 1. The van der Waals surface area contributed by atoms with Gasteiger partial charge in [-0.05, 0) is 11.6 Å². The number of amides is 1. The number of halogens is 1. The zero-order valence-electron chi connectivity index (χ0n) is 8.99. The van der Waals surface area contributed by atoms with E-state index in [4.69, 9.17) is 4.74 Å². The zero-order chi connectivity index (χ0) is 11.4. The maximum Gasteiger partial charge on any atom is 0.227 e. The van der Waals surface area contributed by atoms with Crippen molar-refractivity contribution in [1.29, 1.82) is 0 Å². The lowest BCUT2D eigenvalue weighted by atomic mass is 10.1. The Morgan fingerprint density at radius 1 is 1.31 bits per heavy atom. The van der Waals surface area contributed by atoms with Crippen LogP contribution in [0.5, 0.6) is 0 Å². The average molecular weight is 223 g/mol. The molecule has 0 bridgehead atoms. The van der Waals surface area contributed by atoms with E-state index in [0.717, 1.165) is 0 Å². The van der Waals surface area contributed by atoms with Gasteiger partial charge >= 0.3 is 0 Å². The highest BCUT2D eigenvalue weighted by atomic mass is 19.1. The molecule has 0 spiro atoms. The second kappa shape index (κ2) is 5.07. The first-order chi connectivity index (χ1) is 7.77. The molecule has 1 aromatic rings. The molecule has 0 saturated carbocycles. The van der Waals surface area contributed by atoms with Crippen LogP contribution in [0.3, 0.4) is 0 Å². The van der Waals surface area contributed by atoms with Gasteiger partial charge in [0.25, 0.3) is 0 Å². The van der Waals surface area contributed by atoms with Crippen molar-refractivity contribution < 1.29 is 13.9 Å². The second-order valence-corrected chi connectivity index (χ2v) is 3.76. The van der Waals surface area contributed by atoms with E-state index in [-0.39, 0.29) is 18.1 Å². The first kappa shape index (κ1) is 11.1. The van der Waals surface area contributed by atoms with E-state index in [2.05, 4.69) is 0 Å². The number of rotatable bonds is 2. The molecule has 2 rings (SSSR count). The number of nitrogens with zero attached hydrogens (tertiary/aromatic N) is 1. The van der Waals surface area contributed by atoms with Crippen LogP contribution >= 0.6 is 0 Å². The molecular weight excluding hydrogens is 209 g/mol. The van der Waals surface area contributed by atoms with Gasteiger partial charge in [-0.1, -0.05) is 18.2 Å². The minimum Gasteiger partial charge on any atom is -0.378 e. The van der Waals surface area contributed by atoms with Gasteiger partial charge < -0.3 is 9.64 Å². The molecule has 1 amide bonds. The SMILES string of the molecule is O=C(Cc1ccccc1F)N1CCOCC1. The van der Waals surface area contributed by atoms with Gasteiger partial charge in [0.1, 0.15) is 5.82 Å². The largest absolute Gasteiger partial charge is 0.378 e. The van der Waals surface area contributed by atoms with Crippen molar-refractivity contribution in [1.82, 2.24) is 4.90 Å². The van der Waals surface area contributed by atoms with Crippen molar-refractivity contribution in [2.75, 3.05) is 26.3 Å². The summed E-state index contributed by atoms with van der Waals surface area (Å²) in [6.45, 7) is 2.35. The van der Waals surface area contributed by atoms with Gasteiger partial charge in [-0.15, -0.1) is 0 Å². The van der Waals surface area contributed by atoms with Crippen LogP contribution in [-0.2, 0) is 16.0 Å². The molecule has 0 aromatic heterocycles. The van der Waals surface area contributed by atoms with Crippen molar-refractivity contribution in [3.05, 3.63) is 35.6 Å². The maximum absolute atomic E-state index is 13.3. The van der Waals surface area contributed by atoms with Gasteiger partial charge in [0.05, 0.1) is 19.6 Å². The first-order valence-electron chi connectivity index (χ1n) is 5.36. The minimum absolute atomic E-state index is 0.0339. The lowest BCUT2D eigenvalue weighted by Gasteiger charge is -2.26. The van der Waals surface area contributed by atoms with E-state index in [1.54, 1.807) is 23.1 Å². The van der Waals surface area contributed by atoms with E-state index in [1.807, 2.05) is 0 Å². The molecule has 1 heterocycles. The summed E-state index contributed by atoms with van der Waals surface area (Å²) in [7, 11) is 0. The fourth-order valence-corrected chi connectivity index (χ4v) is 1.73. The summed E-state index contributed by atoms with van der Waals surface area (Å²) in [5.74, 6) is -0.350. The Labute approximate surface area is 93.8 Å². The number of carbonyl (C=O) groups excluding carboxylic acids is 1. The molecule has 16 heavy (non-hydrogen) atoms. The molecule has 0 atom stereocenters. The summed E-state index contributed by atoms with van der Waals surface area (Å²) in [6, 6.07) is 6.39. The number of hydrogen-bond acceptors (Lipinski definition) is 2. The summed E-state index contributed by atoms with van der Waals surface area (Å²) in [6.07, 6.45) is 0.132. The molecule has 0 N–H and O–H groups in total. The van der Waals surface area contributed by atoms with Crippen LogP contribution in [-0.4, -0.2) is 37.1 Å². The van der Waals surface area contributed by atoms with E-state index in [9.17, 15) is 9.18 Å². The molecule has 1 aromatic carbocycles. The number of ether oxygens (including phenoxy) is 1.